The van der Waals surface area contributed by atoms with E-state index in [0.29, 0.717) is 12.4 Å². The molecule has 0 saturated heterocycles. The quantitative estimate of drug-likeness (QED) is 0.709. The highest BCUT2D eigenvalue weighted by Gasteiger charge is 2.23. The molecule has 0 unspecified atom stereocenters. The summed E-state index contributed by atoms with van der Waals surface area (Å²) < 4.78 is 7.69. The van der Waals surface area contributed by atoms with Crippen molar-refractivity contribution < 1.29 is 4.74 Å². The van der Waals surface area contributed by atoms with Crippen LogP contribution in [0.1, 0.15) is 38.4 Å². The van der Waals surface area contributed by atoms with Crippen LogP contribution in [0.2, 0.25) is 0 Å². The number of hydrogen-bond acceptors (Lipinski definition) is 3. The smallest absolute Gasteiger partial charge is 0.127 e. The monoisotopic (exact) mass is 335 g/mol. The lowest BCUT2D eigenvalue weighted by Gasteiger charge is -2.19. The van der Waals surface area contributed by atoms with Crippen molar-refractivity contribution in [3.8, 4) is 11.4 Å². The molecule has 130 valence electrons. The minimum absolute atomic E-state index is 0.000783. The van der Waals surface area contributed by atoms with Crippen LogP contribution >= 0.6 is 0 Å². The van der Waals surface area contributed by atoms with E-state index in [9.17, 15) is 0 Å². The van der Waals surface area contributed by atoms with E-state index in [1.807, 2.05) is 48.5 Å². The van der Waals surface area contributed by atoms with Gasteiger partial charge in [-0.05, 0) is 24.1 Å². The third-order valence-electron chi connectivity index (χ3n) is 4.62. The molecular formula is C21H25N3O. The Morgan fingerprint density at radius 1 is 1.04 bits per heavy atom. The third-order valence-corrected chi connectivity index (χ3v) is 4.62. The summed E-state index contributed by atoms with van der Waals surface area (Å²) in [5.41, 5.74) is 9.24. The largest absolute Gasteiger partial charge is 0.489 e. The van der Waals surface area contributed by atoms with Crippen molar-refractivity contribution in [3.05, 3.63) is 71.9 Å². The fourth-order valence-electron chi connectivity index (χ4n) is 2.56. The van der Waals surface area contributed by atoms with Crippen molar-refractivity contribution >= 4 is 5.82 Å². The predicted molar refractivity (Wildman–Crippen MR) is 102 cm³/mol. The van der Waals surface area contributed by atoms with Crippen molar-refractivity contribution in [3.63, 3.8) is 0 Å². The zero-order valence-electron chi connectivity index (χ0n) is 15.1. The van der Waals surface area contributed by atoms with Crippen molar-refractivity contribution in [2.75, 3.05) is 5.73 Å². The Bertz CT molecular complexity index is 837. The first-order valence-corrected chi connectivity index (χ1v) is 8.63. The zero-order valence-corrected chi connectivity index (χ0v) is 15.1. The molecule has 0 spiro atoms. The number of nitrogens with two attached hydrogens (primary N) is 1. The lowest BCUT2D eigenvalue weighted by molar-refractivity contribution is 0.306. The number of ether oxygens (including phenoxy) is 1. The number of nitrogen functional groups attached to an aromatic ring is 1. The Kier molecular flexibility index (Phi) is 4.79. The zero-order chi connectivity index (χ0) is 17.9. The minimum atomic E-state index is 0.000783. The summed E-state index contributed by atoms with van der Waals surface area (Å²) in [7, 11) is 0. The lowest BCUT2D eigenvalue weighted by Crippen LogP contribution is -2.16. The normalized spacial score (nSPS) is 11.5. The van der Waals surface area contributed by atoms with Gasteiger partial charge in [-0.3, -0.25) is 0 Å². The third kappa shape index (κ3) is 3.85. The van der Waals surface area contributed by atoms with Gasteiger partial charge in [-0.25, -0.2) is 4.68 Å². The summed E-state index contributed by atoms with van der Waals surface area (Å²) >= 11 is 0. The standard InChI is InChI=1S/C21H25N3O/c1-4-21(2,3)19-14-20(22)24(23-19)17-11-8-12-18(13-17)25-15-16-9-6-5-7-10-16/h5-14H,4,15,22H2,1-3H3. The molecule has 0 aliphatic carbocycles. The Labute approximate surface area is 149 Å². The van der Waals surface area contributed by atoms with Crippen LogP contribution in [0.4, 0.5) is 5.82 Å². The fraction of sp³-hybridized carbons (Fsp3) is 0.286. The van der Waals surface area contributed by atoms with E-state index < -0.39 is 0 Å². The average molecular weight is 335 g/mol. The van der Waals surface area contributed by atoms with Crippen LogP contribution < -0.4 is 10.5 Å². The molecule has 3 aromatic rings. The second-order valence-electron chi connectivity index (χ2n) is 6.88. The number of benzene rings is 2. The summed E-state index contributed by atoms with van der Waals surface area (Å²) in [6.07, 6.45) is 1.00. The van der Waals surface area contributed by atoms with Crippen molar-refractivity contribution in [1.29, 1.82) is 0 Å². The van der Waals surface area contributed by atoms with Gasteiger partial charge in [-0.2, -0.15) is 5.10 Å². The molecule has 1 aromatic heterocycles. The maximum atomic E-state index is 6.20. The highest BCUT2D eigenvalue weighted by Crippen LogP contribution is 2.29. The molecule has 3 rings (SSSR count). The number of aromatic nitrogens is 2. The van der Waals surface area contributed by atoms with Gasteiger partial charge in [-0.1, -0.05) is 57.2 Å². The van der Waals surface area contributed by atoms with E-state index in [1.165, 1.54) is 0 Å². The Balaban J connectivity index is 1.82. The van der Waals surface area contributed by atoms with Crippen molar-refractivity contribution in [2.45, 2.75) is 39.2 Å². The number of hydrogen-bond donors (Lipinski definition) is 1. The number of nitrogens with zero attached hydrogens (tertiary/aromatic N) is 2. The van der Waals surface area contributed by atoms with Gasteiger partial charge in [0.05, 0.1) is 11.4 Å². The molecule has 2 aromatic carbocycles. The van der Waals surface area contributed by atoms with Gasteiger partial charge in [0.2, 0.25) is 0 Å². The van der Waals surface area contributed by atoms with E-state index in [4.69, 9.17) is 15.6 Å². The van der Waals surface area contributed by atoms with Crippen molar-refractivity contribution in [2.24, 2.45) is 0 Å². The van der Waals surface area contributed by atoms with Gasteiger partial charge >= 0.3 is 0 Å². The Hall–Kier alpha value is -2.75. The maximum Gasteiger partial charge on any atom is 0.127 e. The average Bonchev–Trinajstić information content (AvgIpc) is 3.04. The molecule has 4 heteroatoms. The topological polar surface area (TPSA) is 53.1 Å². The van der Waals surface area contributed by atoms with Crippen LogP contribution in [0.3, 0.4) is 0 Å². The molecule has 2 N–H and O–H groups in total. The summed E-state index contributed by atoms with van der Waals surface area (Å²) in [5, 5.41) is 4.72. The van der Waals surface area contributed by atoms with E-state index >= 15 is 0 Å². The Morgan fingerprint density at radius 3 is 2.52 bits per heavy atom. The number of rotatable bonds is 6. The van der Waals surface area contributed by atoms with Crippen LogP contribution in [-0.4, -0.2) is 9.78 Å². The van der Waals surface area contributed by atoms with E-state index in [-0.39, 0.29) is 5.41 Å². The maximum absolute atomic E-state index is 6.20. The summed E-state index contributed by atoms with van der Waals surface area (Å²) in [4.78, 5) is 0. The molecular weight excluding hydrogens is 310 g/mol. The molecule has 0 radical (unpaired) electrons. The van der Waals surface area contributed by atoms with E-state index in [1.54, 1.807) is 4.68 Å². The summed E-state index contributed by atoms with van der Waals surface area (Å²) in [6, 6.07) is 19.9. The molecule has 1 heterocycles. The van der Waals surface area contributed by atoms with Crippen LogP contribution in [0, 0.1) is 0 Å². The molecule has 0 atom stereocenters. The molecule has 0 aliphatic heterocycles. The van der Waals surface area contributed by atoms with Crippen LogP contribution in [0.5, 0.6) is 5.75 Å². The van der Waals surface area contributed by atoms with E-state index in [0.717, 1.165) is 29.1 Å². The van der Waals surface area contributed by atoms with Crippen LogP contribution in [-0.2, 0) is 12.0 Å². The van der Waals surface area contributed by atoms with Crippen LogP contribution in [0.25, 0.3) is 5.69 Å². The first-order valence-electron chi connectivity index (χ1n) is 8.63. The molecule has 25 heavy (non-hydrogen) atoms. The van der Waals surface area contributed by atoms with Gasteiger partial charge in [0.1, 0.15) is 18.2 Å². The molecule has 0 bridgehead atoms. The van der Waals surface area contributed by atoms with Crippen molar-refractivity contribution in [1.82, 2.24) is 9.78 Å². The highest BCUT2D eigenvalue weighted by molar-refractivity contribution is 5.47. The lowest BCUT2D eigenvalue weighted by atomic mass is 9.87. The van der Waals surface area contributed by atoms with Gasteiger partial charge in [0, 0.05) is 17.5 Å². The predicted octanol–water partition coefficient (Wildman–Crippen LogP) is 4.72. The first kappa shape index (κ1) is 17.1. The van der Waals surface area contributed by atoms with Gasteiger partial charge in [-0.15, -0.1) is 0 Å². The second-order valence-corrected chi connectivity index (χ2v) is 6.88. The highest BCUT2D eigenvalue weighted by atomic mass is 16.5. The van der Waals surface area contributed by atoms with Gasteiger partial charge < -0.3 is 10.5 Å². The number of anilines is 1. The molecule has 0 amide bonds. The summed E-state index contributed by atoms with van der Waals surface area (Å²) in [5.74, 6) is 1.43. The first-order chi connectivity index (χ1) is 12.0. The van der Waals surface area contributed by atoms with Gasteiger partial charge in [0.15, 0.2) is 0 Å². The SMILES string of the molecule is CCC(C)(C)c1cc(N)n(-c2cccc(OCc3ccccc3)c2)n1. The minimum Gasteiger partial charge on any atom is -0.489 e. The molecule has 0 saturated carbocycles. The van der Waals surface area contributed by atoms with Gasteiger partial charge in [0.25, 0.3) is 0 Å². The van der Waals surface area contributed by atoms with Crippen LogP contribution in [0.15, 0.2) is 60.7 Å². The fourth-order valence-corrected chi connectivity index (χ4v) is 2.56. The van der Waals surface area contributed by atoms with E-state index in [2.05, 4.69) is 32.9 Å². The molecule has 0 fully saturated rings. The second kappa shape index (κ2) is 7.01. The molecule has 0 aliphatic rings. The summed E-state index contributed by atoms with van der Waals surface area (Å²) in [6.45, 7) is 7.05. The Morgan fingerprint density at radius 2 is 1.80 bits per heavy atom. The molecule has 4 nitrogen and oxygen atoms in total.